The number of carbonyl (C=O) groups excluding carboxylic acids is 1. The highest BCUT2D eigenvalue weighted by atomic mass is 16.2. The van der Waals surface area contributed by atoms with Crippen molar-refractivity contribution in [2.24, 2.45) is 5.73 Å². The van der Waals surface area contributed by atoms with E-state index < -0.39 is 6.04 Å². The first-order valence-electron chi connectivity index (χ1n) is 8.11. The Kier molecular flexibility index (Phi) is 4.67. The predicted molar refractivity (Wildman–Crippen MR) is 95.3 cm³/mol. The summed E-state index contributed by atoms with van der Waals surface area (Å²) in [7, 11) is 0. The summed E-state index contributed by atoms with van der Waals surface area (Å²) in [6.07, 6.45) is 0.479. The minimum absolute atomic E-state index is 0.207. The number of nitrogens with one attached hydrogen (secondary N) is 2. The van der Waals surface area contributed by atoms with Gasteiger partial charge in [-0.1, -0.05) is 30.3 Å². The molecule has 2 aromatic heterocycles. The number of hydrogen-bond acceptors (Lipinski definition) is 4. The number of nitrogens with two attached hydrogens (primary N) is 1. The molecule has 0 saturated heterocycles. The third kappa shape index (κ3) is 3.61. The number of amides is 1. The van der Waals surface area contributed by atoms with Gasteiger partial charge in [0.15, 0.2) is 5.65 Å². The molecule has 1 aromatic carbocycles. The quantitative estimate of drug-likeness (QED) is 0.640. The maximum absolute atomic E-state index is 12.3. The highest BCUT2D eigenvalue weighted by Crippen LogP contribution is 2.13. The molecule has 0 aliphatic carbocycles. The Morgan fingerprint density at radius 2 is 2.04 bits per heavy atom. The van der Waals surface area contributed by atoms with E-state index in [0.29, 0.717) is 18.6 Å². The Hall–Kier alpha value is -2.93. The van der Waals surface area contributed by atoms with Gasteiger partial charge >= 0.3 is 0 Å². The molecule has 1 unspecified atom stereocenters. The lowest BCUT2D eigenvalue weighted by Crippen LogP contribution is -2.41. The Labute approximate surface area is 144 Å². The highest BCUT2D eigenvalue weighted by Gasteiger charge is 2.16. The van der Waals surface area contributed by atoms with Crippen molar-refractivity contribution in [2.45, 2.75) is 32.9 Å². The van der Waals surface area contributed by atoms with Crippen LogP contribution in [-0.4, -0.2) is 26.5 Å². The number of H-pyrrole nitrogens is 1. The van der Waals surface area contributed by atoms with Gasteiger partial charge in [-0.05, 0) is 25.8 Å². The van der Waals surface area contributed by atoms with Crippen molar-refractivity contribution < 1.29 is 4.79 Å². The molecule has 3 rings (SSSR count). The summed E-state index contributed by atoms with van der Waals surface area (Å²) in [5.74, 6) is -0.219. The number of aromatic nitrogens is 3. The summed E-state index contributed by atoms with van der Waals surface area (Å²) in [4.78, 5) is 28.2. The molecule has 1 amide bonds. The number of nitrogens with zero attached hydrogens (tertiary/aromatic N) is 2. The summed E-state index contributed by atoms with van der Waals surface area (Å²) in [5.41, 5.74) is 9.85. The fourth-order valence-electron chi connectivity index (χ4n) is 2.88. The second-order valence-corrected chi connectivity index (χ2v) is 6.09. The minimum Gasteiger partial charge on any atom is -0.351 e. The lowest BCUT2D eigenvalue weighted by atomic mass is 10.1. The second-order valence-electron chi connectivity index (χ2n) is 6.09. The third-order valence-corrected chi connectivity index (χ3v) is 4.28. The Bertz CT molecular complexity index is 959. The van der Waals surface area contributed by atoms with Crippen LogP contribution in [0.15, 0.2) is 41.2 Å². The lowest BCUT2D eigenvalue weighted by Gasteiger charge is -2.15. The van der Waals surface area contributed by atoms with Gasteiger partial charge < -0.3 is 11.1 Å². The van der Waals surface area contributed by atoms with Gasteiger partial charge in [-0.25, -0.2) is 9.50 Å². The number of aryl methyl sites for hydroxylation is 2. The maximum Gasteiger partial charge on any atom is 0.266 e. The summed E-state index contributed by atoms with van der Waals surface area (Å²) in [5, 5.41) is 5.56. The van der Waals surface area contributed by atoms with Crippen LogP contribution in [0.25, 0.3) is 5.65 Å². The number of hydrogen-bond donors (Lipinski definition) is 3. The van der Waals surface area contributed by atoms with E-state index >= 15 is 0 Å². The molecule has 0 aliphatic heterocycles. The SMILES string of the molecule is Cc1nc2cc(=O)[nH]n2c(C)c1CNC(=O)C(N)Cc1ccccc1. The van der Waals surface area contributed by atoms with E-state index in [2.05, 4.69) is 15.4 Å². The first kappa shape index (κ1) is 16.9. The van der Waals surface area contributed by atoms with E-state index in [9.17, 15) is 9.59 Å². The average molecular weight is 339 g/mol. The smallest absolute Gasteiger partial charge is 0.266 e. The number of rotatable bonds is 5. The average Bonchev–Trinajstić information content (AvgIpc) is 2.95. The van der Waals surface area contributed by atoms with E-state index in [0.717, 1.165) is 22.5 Å². The molecule has 130 valence electrons. The number of fused-ring (bicyclic) bond motifs is 1. The first-order valence-corrected chi connectivity index (χ1v) is 8.11. The molecular weight excluding hydrogens is 318 g/mol. The van der Waals surface area contributed by atoms with Crippen molar-refractivity contribution in [1.29, 1.82) is 0 Å². The largest absolute Gasteiger partial charge is 0.351 e. The Morgan fingerprint density at radius 1 is 1.32 bits per heavy atom. The van der Waals surface area contributed by atoms with Crippen molar-refractivity contribution in [1.82, 2.24) is 19.9 Å². The van der Waals surface area contributed by atoms with Crippen molar-refractivity contribution in [3.63, 3.8) is 0 Å². The molecule has 1 atom stereocenters. The fourth-order valence-corrected chi connectivity index (χ4v) is 2.88. The zero-order valence-electron chi connectivity index (χ0n) is 14.2. The van der Waals surface area contributed by atoms with E-state index in [4.69, 9.17) is 5.73 Å². The first-order chi connectivity index (χ1) is 12.0. The number of benzene rings is 1. The zero-order valence-corrected chi connectivity index (χ0v) is 14.2. The highest BCUT2D eigenvalue weighted by molar-refractivity contribution is 5.81. The van der Waals surface area contributed by atoms with E-state index in [1.165, 1.54) is 6.07 Å². The summed E-state index contributed by atoms with van der Waals surface area (Å²) >= 11 is 0. The van der Waals surface area contributed by atoms with Crippen LogP contribution in [0.3, 0.4) is 0 Å². The maximum atomic E-state index is 12.3. The molecule has 0 radical (unpaired) electrons. The molecule has 7 nitrogen and oxygen atoms in total. The zero-order chi connectivity index (χ0) is 18.0. The van der Waals surface area contributed by atoms with Crippen molar-refractivity contribution in [2.75, 3.05) is 0 Å². The second kappa shape index (κ2) is 6.90. The van der Waals surface area contributed by atoms with Crippen molar-refractivity contribution in [3.8, 4) is 0 Å². The molecule has 3 aromatic rings. The Balaban J connectivity index is 1.71. The molecule has 0 spiro atoms. The van der Waals surface area contributed by atoms with Gasteiger partial charge in [0.2, 0.25) is 5.91 Å². The number of carbonyl (C=O) groups is 1. The fraction of sp³-hybridized carbons (Fsp3) is 0.278. The van der Waals surface area contributed by atoms with E-state index in [1.807, 2.05) is 44.2 Å². The van der Waals surface area contributed by atoms with Crippen LogP contribution in [0.1, 0.15) is 22.5 Å². The van der Waals surface area contributed by atoms with Crippen molar-refractivity contribution >= 4 is 11.6 Å². The van der Waals surface area contributed by atoms with Crippen LogP contribution in [-0.2, 0) is 17.8 Å². The predicted octanol–water partition coefficient (Wildman–Crippen LogP) is 0.826. The standard InChI is InChI=1S/C18H21N5O2/c1-11-14(12(2)23-16(21-11)9-17(24)22-23)10-20-18(25)15(19)8-13-6-4-3-5-7-13/h3-7,9,15H,8,10,19H2,1-2H3,(H,20,25)(H,22,24). The van der Waals surface area contributed by atoms with Gasteiger partial charge in [0.05, 0.1) is 6.04 Å². The van der Waals surface area contributed by atoms with Crippen LogP contribution >= 0.6 is 0 Å². The topological polar surface area (TPSA) is 105 Å². The van der Waals surface area contributed by atoms with Crippen LogP contribution in [0, 0.1) is 13.8 Å². The number of aromatic amines is 1. The third-order valence-electron chi connectivity index (χ3n) is 4.28. The summed E-state index contributed by atoms with van der Waals surface area (Å²) in [6, 6.07) is 10.5. The molecule has 0 aliphatic rings. The Morgan fingerprint density at radius 3 is 2.76 bits per heavy atom. The minimum atomic E-state index is -0.619. The van der Waals surface area contributed by atoms with Crippen LogP contribution in [0.5, 0.6) is 0 Å². The van der Waals surface area contributed by atoms with E-state index in [-0.39, 0.29) is 11.5 Å². The molecule has 7 heteroatoms. The molecule has 0 bridgehead atoms. The molecule has 25 heavy (non-hydrogen) atoms. The molecule has 0 fully saturated rings. The van der Waals surface area contributed by atoms with Crippen LogP contribution in [0.4, 0.5) is 0 Å². The van der Waals surface area contributed by atoms with Gasteiger partial charge in [0, 0.05) is 29.6 Å². The normalized spacial score (nSPS) is 12.3. The van der Waals surface area contributed by atoms with Crippen LogP contribution < -0.4 is 16.6 Å². The monoisotopic (exact) mass is 339 g/mol. The van der Waals surface area contributed by atoms with Gasteiger partial charge in [-0.3, -0.25) is 14.7 Å². The summed E-state index contributed by atoms with van der Waals surface area (Å²) in [6.45, 7) is 4.04. The van der Waals surface area contributed by atoms with E-state index in [1.54, 1.807) is 4.52 Å². The van der Waals surface area contributed by atoms with Crippen LogP contribution in [0.2, 0.25) is 0 Å². The molecule has 4 N–H and O–H groups in total. The lowest BCUT2D eigenvalue weighted by molar-refractivity contribution is -0.122. The van der Waals surface area contributed by atoms with Gasteiger partial charge in [-0.15, -0.1) is 0 Å². The van der Waals surface area contributed by atoms with Gasteiger partial charge in [0.1, 0.15) is 0 Å². The van der Waals surface area contributed by atoms with Crippen molar-refractivity contribution in [3.05, 3.63) is 69.3 Å². The van der Waals surface area contributed by atoms with Gasteiger partial charge in [0.25, 0.3) is 5.56 Å². The molecule has 0 saturated carbocycles. The van der Waals surface area contributed by atoms with Gasteiger partial charge in [-0.2, -0.15) is 0 Å². The molecular formula is C18H21N5O2. The summed E-state index contributed by atoms with van der Waals surface area (Å²) < 4.78 is 1.63. The molecule has 2 heterocycles.